The molecule has 0 bridgehead atoms. The van der Waals surface area contributed by atoms with Gasteiger partial charge in [-0.3, -0.25) is 0 Å². The lowest BCUT2D eigenvalue weighted by Gasteiger charge is -2.18. The zero-order chi connectivity index (χ0) is 16.0. The lowest BCUT2D eigenvalue weighted by molar-refractivity contribution is 0.488. The number of hydrogen-bond donors (Lipinski definition) is 1. The zero-order valence-electron chi connectivity index (χ0n) is 12.9. The van der Waals surface area contributed by atoms with Crippen LogP contribution in [0.1, 0.15) is 19.4 Å². The molecule has 0 heterocycles. The molecular formula is C14H23ClN2O2S2. The molecule has 1 rings (SSSR count). The molecule has 0 aliphatic carbocycles. The predicted octanol–water partition coefficient (Wildman–Crippen LogP) is 2.82. The third-order valence-electron chi connectivity index (χ3n) is 3.04. The minimum absolute atomic E-state index is 0.288. The second kappa shape index (κ2) is 8.39. The van der Waals surface area contributed by atoms with Crippen LogP contribution in [-0.2, 0) is 16.6 Å². The SMILES string of the molecule is CSCCN(C)S(=O)(=O)c1ccc(Cl)c(CNC(C)C)c1. The Labute approximate surface area is 137 Å². The van der Waals surface area contributed by atoms with Gasteiger partial charge in [0.05, 0.1) is 4.90 Å². The summed E-state index contributed by atoms with van der Waals surface area (Å²) in [4.78, 5) is 0.288. The van der Waals surface area contributed by atoms with Crippen LogP contribution < -0.4 is 5.32 Å². The molecule has 1 N–H and O–H groups in total. The van der Waals surface area contributed by atoms with Gasteiger partial charge in [-0.2, -0.15) is 11.8 Å². The average Bonchev–Trinajstić information content (AvgIpc) is 2.43. The maximum Gasteiger partial charge on any atom is 0.242 e. The van der Waals surface area contributed by atoms with Crippen molar-refractivity contribution >= 4 is 33.4 Å². The number of halogens is 1. The van der Waals surface area contributed by atoms with Gasteiger partial charge in [0.2, 0.25) is 10.0 Å². The van der Waals surface area contributed by atoms with Crippen LogP contribution in [0.3, 0.4) is 0 Å². The summed E-state index contributed by atoms with van der Waals surface area (Å²) in [5, 5.41) is 3.83. The highest BCUT2D eigenvalue weighted by Gasteiger charge is 2.21. The van der Waals surface area contributed by atoms with Gasteiger partial charge in [-0.25, -0.2) is 12.7 Å². The van der Waals surface area contributed by atoms with Crippen molar-refractivity contribution in [3.63, 3.8) is 0 Å². The van der Waals surface area contributed by atoms with Crippen molar-refractivity contribution < 1.29 is 8.42 Å². The van der Waals surface area contributed by atoms with E-state index in [9.17, 15) is 8.42 Å². The fourth-order valence-corrected chi connectivity index (χ4v) is 3.66. The number of hydrogen-bond acceptors (Lipinski definition) is 4. The number of benzene rings is 1. The number of rotatable bonds is 8. The molecule has 0 radical (unpaired) electrons. The highest BCUT2D eigenvalue weighted by Crippen LogP contribution is 2.22. The van der Waals surface area contributed by atoms with Crippen LogP contribution in [0, 0.1) is 0 Å². The van der Waals surface area contributed by atoms with Crippen LogP contribution >= 0.6 is 23.4 Å². The van der Waals surface area contributed by atoms with E-state index in [4.69, 9.17) is 11.6 Å². The fourth-order valence-electron chi connectivity index (χ4n) is 1.68. The van der Waals surface area contributed by atoms with Gasteiger partial charge in [-0.15, -0.1) is 0 Å². The fraction of sp³-hybridized carbons (Fsp3) is 0.571. The van der Waals surface area contributed by atoms with Crippen molar-refractivity contribution in [1.82, 2.24) is 9.62 Å². The largest absolute Gasteiger partial charge is 0.310 e. The second-order valence-corrected chi connectivity index (χ2v) is 8.55. The van der Waals surface area contributed by atoms with Crippen LogP contribution in [0.4, 0.5) is 0 Å². The van der Waals surface area contributed by atoms with E-state index in [2.05, 4.69) is 5.32 Å². The Morgan fingerprint density at radius 3 is 2.62 bits per heavy atom. The molecular weight excluding hydrogens is 328 g/mol. The van der Waals surface area contributed by atoms with E-state index >= 15 is 0 Å². The van der Waals surface area contributed by atoms with Crippen LogP contribution in [0.25, 0.3) is 0 Å². The van der Waals surface area contributed by atoms with Crippen LogP contribution in [0.2, 0.25) is 5.02 Å². The molecule has 0 amide bonds. The molecule has 1 aromatic rings. The number of sulfonamides is 1. The average molecular weight is 351 g/mol. The molecule has 0 saturated heterocycles. The first-order valence-corrected chi connectivity index (χ1v) is 9.97. The Morgan fingerprint density at radius 2 is 2.05 bits per heavy atom. The third-order valence-corrected chi connectivity index (χ3v) is 5.85. The summed E-state index contributed by atoms with van der Waals surface area (Å²) in [6, 6.07) is 5.17. The van der Waals surface area contributed by atoms with E-state index in [1.165, 1.54) is 4.31 Å². The molecule has 0 aliphatic rings. The van der Waals surface area contributed by atoms with Gasteiger partial charge in [-0.1, -0.05) is 25.4 Å². The Morgan fingerprint density at radius 1 is 1.38 bits per heavy atom. The standard InChI is InChI=1S/C14H23ClN2O2S2/c1-11(2)16-10-12-9-13(5-6-14(12)15)21(18,19)17(3)7-8-20-4/h5-6,9,11,16H,7-8,10H2,1-4H3. The van der Waals surface area contributed by atoms with E-state index < -0.39 is 10.0 Å². The van der Waals surface area contributed by atoms with Crippen LogP contribution in [0.15, 0.2) is 23.1 Å². The van der Waals surface area contributed by atoms with E-state index in [1.54, 1.807) is 37.0 Å². The van der Waals surface area contributed by atoms with Gasteiger partial charge in [0.25, 0.3) is 0 Å². The highest BCUT2D eigenvalue weighted by molar-refractivity contribution is 7.98. The van der Waals surface area contributed by atoms with Crippen molar-refractivity contribution in [2.24, 2.45) is 0 Å². The Hall–Kier alpha value is -0.270. The summed E-state index contributed by atoms with van der Waals surface area (Å²) in [5.41, 5.74) is 0.796. The predicted molar refractivity (Wildman–Crippen MR) is 91.6 cm³/mol. The molecule has 4 nitrogen and oxygen atoms in total. The van der Waals surface area contributed by atoms with Gasteiger partial charge in [0, 0.05) is 37.0 Å². The number of thioether (sulfide) groups is 1. The number of nitrogens with zero attached hydrogens (tertiary/aromatic N) is 1. The number of nitrogens with one attached hydrogen (secondary N) is 1. The first-order chi connectivity index (χ1) is 9.78. The molecule has 0 aromatic heterocycles. The molecule has 0 unspecified atom stereocenters. The molecule has 0 fully saturated rings. The summed E-state index contributed by atoms with van der Waals surface area (Å²) in [7, 11) is -1.85. The zero-order valence-corrected chi connectivity index (χ0v) is 15.3. The summed E-state index contributed by atoms with van der Waals surface area (Å²) in [6.07, 6.45) is 1.96. The van der Waals surface area contributed by atoms with Gasteiger partial charge in [-0.05, 0) is 30.0 Å². The summed E-state index contributed by atoms with van der Waals surface area (Å²) < 4.78 is 26.4. The smallest absolute Gasteiger partial charge is 0.242 e. The molecule has 0 atom stereocenters. The molecule has 7 heteroatoms. The third kappa shape index (κ3) is 5.45. The van der Waals surface area contributed by atoms with Crippen molar-refractivity contribution in [1.29, 1.82) is 0 Å². The maximum atomic E-state index is 12.5. The molecule has 1 aromatic carbocycles. The van der Waals surface area contributed by atoms with Crippen molar-refractivity contribution in [3.05, 3.63) is 28.8 Å². The maximum absolute atomic E-state index is 12.5. The van der Waals surface area contributed by atoms with Gasteiger partial charge < -0.3 is 5.32 Å². The minimum atomic E-state index is -3.46. The van der Waals surface area contributed by atoms with Gasteiger partial charge in [0.15, 0.2) is 0 Å². The Balaban J connectivity index is 2.99. The van der Waals surface area contributed by atoms with Gasteiger partial charge >= 0.3 is 0 Å². The van der Waals surface area contributed by atoms with Crippen molar-refractivity contribution in [2.45, 2.75) is 31.3 Å². The van der Waals surface area contributed by atoms with E-state index in [0.717, 1.165) is 11.3 Å². The molecule has 21 heavy (non-hydrogen) atoms. The van der Waals surface area contributed by atoms with E-state index in [-0.39, 0.29) is 4.90 Å². The first-order valence-electron chi connectivity index (χ1n) is 6.76. The topological polar surface area (TPSA) is 49.4 Å². The molecule has 120 valence electrons. The normalized spacial score (nSPS) is 12.3. The lowest BCUT2D eigenvalue weighted by Crippen LogP contribution is -2.29. The summed E-state index contributed by atoms with van der Waals surface area (Å²) in [5.74, 6) is 0.769. The quantitative estimate of drug-likeness (QED) is 0.783. The van der Waals surface area contributed by atoms with E-state index in [1.807, 2.05) is 20.1 Å². The second-order valence-electron chi connectivity index (χ2n) is 5.11. The Kier molecular flexibility index (Phi) is 7.50. The van der Waals surface area contributed by atoms with Gasteiger partial charge in [0.1, 0.15) is 0 Å². The van der Waals surface area contributed by atoms with E-state index in [0.29, 0.717) is 24.2 Å². The lowest BCUT2D eigenvalue weighted by atomic mass is 10.2. The highest BCUT2D eigenvalue weighted by atomic mass is 35.5. The first kappa shape index (κ1) is 18.8. The Bertz CT molecular complexity index is 562. The summed E-state index contributed by atoms with van der Waals surface area (Å²) >= 11 is 7.76. The molecule has 0 spiro atoms. The minimum Gasteiger partial charge on any atom is -0.310 e. The molecule has 0 saturated carbocycles. The molecule has 0 aliphatic heterocycles. The van der Waals surface area contributed by atoms with Crippen LogP contribution in [0.5, 0.6) is 0 Å². The van der Waals surface area contributed by atoms with Crippen LogP contribution in [-0.4, -0.2) is 44.4 Å². The monoisotopic (exact) mass is 350 g/mol. The van der Waals surface area contributed by atoms with Crippen molar-refractivity contribution in [3.8, 4) is 0 Å². The summed E-state index contributed by atoms with van der Waals surface area (Å²) in [6.45, 7) is 5.11. The van der Waals surface area contributed by atoms with Crippen molar-refractivity contribution in [2.75, 3.05) is 25.6 Å².